The number of alkyl halides is 3. The Hall–Kier alpha value is -1.23. The van der Waals surface area contributed by atoms with Gasteiger partial charge in [0.15, 0.2) is 6.23 Å². The highest BCUT2D eigenvalue weighted by Crippen LogP contribution is 2.44. The van der Waals surface area contributed by atoms with Crippen molar-refractivity contribution in [2.75, 3.05) is 6.61 Å². The fourth-order valence-corrected chi connectivity index (χ4v) is 2.26. The van der Waals surface area contributed by atoms with Crippen LogP contribution in [0.25, 0.3) is 0 Å². The predicted molar refractivity (Wildman–Crippen MR) is 62.4 cm³/mol. The molecule has 112 valence electrons. The molecule has 0 saturated carbocycles. The lowest BCUT2D eigenvalue weighted by atomic mass is 9.99. The topological polar surface area (TPSA) is 87.5 Å². The van der Waals surface area contributed by atoms with Crippen LogP contribution in [0.4, 0.5) is 13.2 Å². The van der Waals surface area contributed by atoms with Crippen molar-refractivity contribution in [3.63, 3.8) is 0 Å². The normalized spacial score (nSPS) is 30.6. The summed E-state index contributed by atoms with van der Waals surface area (Å²) in [5, 5.41) is 18.5. The van der Waals surface area contributed by atoms with E-state index in [2.05, 4.69) is 17.2 Å². The van der Waals surface area contributed by atoms with Gasteiger partial charge in [-0.15, -0.1) is 0 Å². The molecule has 1 aliphatic heterocycles. The van der Waals surface area contributed by atoms with Crippen molar-refractivity contribution >= 4 is 12.2 Å². The second-order valence-electron chi connectivity index (χ2n) is 4.32. The zero-order valence-electron chi connectivity index (χ0n) is 9.87. The number of ether oxygens (including phenoxy) is 1. The van der Waals surface area contributed by atoms with E-state index in [1.165, 1.54) is 6.07 Å². The second-order valence-corrected chi connectivity index (χ2v) is 4.76. The van der Waals surface area contributed by atoms with E-state index in [0.717, 1.165) is 6.20 Å². The van der Waals surface area contributed by atoms with Crippen LogP contribution in [-0.2, 0) is 4.74 Å². The van der Waals surface area contributed by atoms with Gasteiger partial charge in [0.1, 0.15) is 16.7 Å². The number of aromatic nitrogens is 2. The van der Waals surface area contributed by atoms with Crippen molar-refractivity contribution in [2.24, 2.45) is 5.92 Å². The smallest absolute Gasteiger partial charge is 0.394 e. The molecule has 0 radical (unpaired) electrons. The van der Waals surface area contributed by atoms with Gasteiger partial charge < -0.3 is 14.9 Å². The third-order valence-corrected chi connectivity index (χ3v) is 3.29. The van der Waals surface area contributed by atoms with Crippen LogP contribution >= 0.6 is 12.2 Å². The summed E-state index contributed by atoms with van der Waals surface area (Å²) in [6.45, 7) is -0.790. The molecule has 0 bridgehead atoms. The number of aliphatic hydroxyl groups is 2. The Morgan fingerprint density at radius 1 is 1.50 bits per heavy atom. The molecule has 6 nitrogen and oxygen atoms in total. The van der Waals surface area contributed by atoms with Gasteiger partial charge in [-0.1, -0.05) is 12.2 Å². The molecule has 0 aliphatic carbocycles. The summed E-state index contributed by atoms with van der Waals surface area (Å²) in [5.41, 5.74) is -0.887. The van der Waals surface area contributed by atoms with E-state index in [1.807, 2.05) is 0 Å². The summed E-state index contributed by atoms with van der Waals surface area (Å²) in [7, 11) is 0. The van der Waals surface area contributed by atoms with E-state index >= 15 is 0 Å². The molecule has 10 heteroatoms. The average molecular weight is 312 g/mol. The van der Waals surface area contributed by atoms with Crippen LogP contribution in [-0.4, -0.2) is 44.8 Å². The van der Waals surface area contributed by atoms with Gasteiger partial charge in [-0.25, -0.2) is 4.79 Å². The Morgan fingerprint density at radius 3 is 2.65 bits per heavy atom. The number of hydrogen-bond acceptors (Lipinski definition) is 5. The van der Waals surface area contributed by atoms with Crippen LogP contribution in [0, 0.1) is 10.6 Å². The highest BCUT2D eigenvalue weighted by atomic mass is 32.1. The summed E-state index contributed by atoms with van der Waals surface area (Å²) in [6.07, 6.45) is -8.87. The SMILES string of the molecule is O=c1[nH]c(=S)ccn1[C@@H]1O[C@H](CO)C(O)C1C(F)(F)F. The number of nitrogens with one attached hydrogen (secondary N) is 1. The maximum Gasteiger partial charge on any atom is 0.398 e. The van der Waals surface area contributed by atoms with Crippen LogP contribution in [0.1, 0.15) is 6.23 Å². The number of nitrogens with zero attached hydrogens (tertiary/aromatic N) is 1. The van der Waals surface area contributed by atoms with Gasteiger partial charge in [-0.3, -0.25) is 9.55 Å². The fraction of sp³-hybridized carbons (Fsp3) is 0.600. The molecule has 3 N–H and O–H groups in total. The first-order valence-corrected chi connectivity index (χ1v) is 5.99. The number of halogens is 3. The monoisotopic (exact) mass is 312 g/mol. The lowest BCUT2D eigenvalue weighted by molar-refractivity contribution is -0.211. The molecule has 2 unspecified atom stereocenters. The largest absolute Gasteiger partial charge is 0.398 e. The minimum absolute atomic E-state index is 0.0621. The summed E-state index contributed by atoms with van der Waals surface area (Å²) in [5.74, 6) is -2.32. The molecule has 1 aromatic heterocycles. The van der Waals surface area contributed by atoms with Crippen molar-refractivity contribution in [1.29, 1.82) is 0 Å². The van der Waals surface area contributed by atoms with Crippen molar-refractivity contribution in [3.8, 4) is 0 Å². The van der Waals surface area contributed by atoms with E-state index in [4.69, 9.17) is 9.84 Å². The van der Waals surface area contributed by atoms with Gasteiger partial charge in [0.2, 0.25) is 0 Å². The van der Waals surface area contributed by atoms with Gasteiger partial charge in [0, 0.05) is 6.20 Å². The molecule has 4 atom stereocenters. The van der Waals surface area contributed by atoms with Crippen molar-refractivity contribution < 1.29 is 28.1 Å². The Kier molecular flexibility index (Phi) is 4.00. The standard InChI is InChI=1S/C10H11F3N2O4S/c11-10(12,13)6-7(17)4(3-16)19-8(6)15-2-1-5(20)14-9(15)18/h1-2,4,6-8,16-17H,3H2,(H,14,18,20)/t4-,6?,7?,8-/m1/s1. The van der Waals surface area contributed by atoms with Gasteiger partial charge in [-0.05, 0) is 6.07 Å². The Balaban J connectivity index is 2.47. The Morgan fingerprint density at radius 2 is 2.15 bits per heavy atom. The highest BCUT2D eigenvalue weighted by molar-refractivity contribution is 7.71. The first-order valence-electron chi connectivity index (χ1n) is 5.58. The van der Waals surface area contributed by atoms with Gasteiger partial charge in [0.05, 0.1) is 12.7 Å². The van der Waals surface area contributed by atoms with Crippen LogP contribution in [0.15, 0.2) is 17.1 Å². The maximum absolute atomic E-state index is 13.0. The van der Waals surface area contributed by atoms with Crippen LogP contribution in [0.2, 0.25) is 0 Å². The van der Waals surface area contributed by atoms with E-state index in [9.17, 15) is 23.1 Å². The molecule has 1 aliphatic rings. The predicted octanol–water partition coefficient (Wildman–Crippen LogP) is 0.335. The Labute approximate surface area is 115 Å². The van der Waals surface area contributed by atoms with E-state index in [0.29, 0.717) is 4.57 Å². The number of rotatable bonds is 2. The molecule has 2 heterocycles. The molecule has 20 heavy (non-hydrogen) atoms. The fourth-order valence-electron chi connectivity index (χ4n) is 2.12. The minimum atomic E-state index is -4.79. The molecule has 1 saturated heterocycles. The molecular weight excluding hydrogens is 301 g/mol. The van der Waals surface area contributed by atoms with E-state index < -0.39 is 42.8 Å². The first kappa shape index (κ1) is 15.2. The van der Waals surface area contributed by atoms with Crippen LogP contribution < -0.4 is 5.69 Å². The number of aromatic amines is 1. The Bertz CT molecular complexity index is 599. The quantitative estimate of drug-likeness (QED) is 0.685. The zero-order valence-corrected chi connectivity index (χ0v) is 10.7. The average Bonchev–Trinajstić information content (AvgIpc) is 2.65. The molecule has 0 amide bonds. The third kappa shape index (κ3) is 2.64. The van der Waals surface area contributed by atoms with E-state index in [1.54, 1.807) is 0 Å². The molecule has 0 spiro atoms. The molecule has 2 rings (SSSR count). The first-order chi connectivity index (χ1) is 9.25. The van der Waals surface area contributed by atoms with E-state index in [-0.39, 0.29) is 4.64 Å². The second kappa shape index (κ2) is 5.28. The van der Waals surface area contributed by atoms with Gasteiger partial charge in [-0.2, -0.15) is 13.2 Å². The van der Waals surface area contributed by atoms with Gasteiger partial charge in [0.25, 0.3) is 0 Å². The zero-order chi connectivity index (χ0) is 15.1. The number of H-pyrrole nitrogens is 1. The summed E-state index contributed by atoms with van der Waals surface area (Å²) in [6, 6.07) is 1.23. The van der Waals surface area contributed by atoms with Gasteiger partial charge >= 0.3 is 11.9 Å². The molecule has 1 fully saturated rings. The van der Waals surface area contributed by atoms with Crippen molar-refractivity contribution in [2.45, 2.75) is 24.6 Å². The minimum Gasteiger partial charge on any atom is -0.394 e. The maximum atomic E-state index is 13.0. The third-order valence-electron chi connectivity index (χ3n) is 3.05. The lowest BCUT2D eigenvalue weighted by Crippen LogP contribution is -2.40. The van der Waals surface area contributed by atoms with Crippen LogP contribution in [0.5, 0.6) is 0 Å². The highest BCUT2D eigenvalue weighted by Gasteiger charge is 2.58. The van der Waals surface area contributed by atoms with Crippen LogP contribution in [0.3, 0.4) is 0 Å². The number of aliphatic hydroxyl groups excluding tert-OH is 2. The van der Waals surface area contributed by atoms with Crippen molar-refractivity contribution in [1.82, 2.24) is 9.55 Å². The molecular formula is C10H11F3N2O4S. The van der Waals surface area contributed by atoms with Crippen molar-refractivity contribution in [3.05, 3.63) is 27.4 Å². The summed E-state index contributed by atoms with van der Waals surface area (Å²) in [4.78, 5) is 13.8. The lowest BCUT2D eigenvalue weighted by Gasteiger charge is -2.23. The summed E-state index contributed by atoms with van der Waals surface area (Å²) < 4.78 is 44.7. The summed E-state index contributed by atoms with van der Waals surface area (Å²) >= 11 is 4.68. The molecule has 0 aromatic carbocycles. The molecule has 1 aromatic rings. The number of hydrogen-bond donors (Lipinski definition) is 3.